The summed E-state index contributed by atoms with van der Waals surface area (Å²) < 4.78 is 1.60. The van der Waals surface area contributed by atoms with Crippen LogP contribution in [0.25, 0.3) is 0 Å². The molecule has 0 aliphatic heterocycles. The van der Waals surface area contributed by atoms with Gasteiger partial charge in [-0.25, -0.2) is 10.8 Å². The van der Waals surface area contributed by atoms with E-state index in [1.165, 1.54) is 6.92 Å². The second-order valence-corrected chi connectivity index (χ2v) is 5.75. The second kappa shape index (κ2) is 6.33. The molecule has 0 saturated heterocycles. The van der Waals surface area contributed by atoms with E-state index in [0.717, 1.165) is 8.95 Å². The molecule has 0 unspecified atom stereocenters. The Morgan fingerprint density at radius 1 is 1.33 bits per heavy atom. The Morgan fingerprint density at radius 2 is 2.05 bits per heavy atom. The van der Waals surface area contributed by atoms with Crippen LogP contribution in [0.1, 0.15) is 5.69 Å². The summed E-state index contributed by atoms with van der Waals surface area (Å²) in [5.74, 6) is 5.42. The normalized spacial score (nSPS) is 10.3. The average molecular weight is 418 g/mol. The second-order valence-electron chi connectivity index (χ2n) is 3.98. The van der Waals surface area contributed by atoms with Gasteiger partial charge in [-0.1, -0.05) is 15.9 Å². The number of aryl methyl sites for hydroxylation is 1. The third-order valence-electron chi connectivity index (χ3n) is 2.55. The first-order chi connectivity index (χ1) is 9.92. The van der Waals surface area contributed by atoms with Crippen molar-refractivity contribution in [1.82, 2.24) is 9.97 Å². The zero-order valence-electron chi connectivity index (χ0n) is 10.7. The Bertz CT molecular complexity index is 709. The summed E-state index contributed by atoms with van der Waals surface area (Å²) in [5.41, 5.74) is 2.91. The molecule has 0 aliphatic rings. The van der Waals surface area contributed by atoms with Crippen molar-refractivity contribution >= 4 is 55.0 Å². The summed E-state index contributed by atoms with van der Waals surface area (Å²) in [6, 6.07) is 5.37. The molecule has 0 aliphatic carbocycles. The number of halogens is 2. The lowest BCUT2D eigenvalue weighted by atomic mass is 10.3. The Kier molecular flexibility index (Phi) is 4.70. The van der Waals surface area contributed by atoms with E-state index in [4.69, 9.17) is 5.84 Å². The molecule has 1 heterocycles. The van der Waals surface area contributed by atoms with Crippen LogP contribution in [0.2, 0.25) is 0 Å². The number of hydrogen-bond acceptors (Lipinski definition) is 7. The van der Waals surface area contributed by atoms with Gasteiger partial charge >= 0.3 is 5.69 Å². The van der Waals surface area contributed by atoms with Gasteiger partial charge in [0.25, 0.3) is 0 Å². The molecule has 21 heavy (non-hydrogen) atoms. The lowest BCUT2D eigenvalue weighted by Gasteiger charge is -2.10. The monoisotopic (exact) mass is 416 g/mol. The Labute approximate surface area is 136 Å². The number of nitrogens with two attached hydrogens (primary N) is 1. The molecule has 0 bridgehead atoms. The van der Waals surface area contributed by atoms with Crippen molar-refractivity contribution in [3.63, 3.8) is 0 Å². The molecule has 0 amide bonds. The maximum absolute atomic E-state index is 11.2. The number of hydrazine groups is 1. The third kappa shape index (κ3) is 3.46. The van der Waals surface area contributed by atoms with Gasteiger partial charge in [0.05, 0.1) is 10.6 Å². The highest BCUT2D eigenvalue weighted by Crippen LogP contribution is 2.33. The van der Waals surface area contributed by atoms with Gasteiger partial charge in [0.1, 0.15) is 5.69 Å². The van der Waals surface area contributed by atoms with Crippen molar-refractivity contribution in [3.05, 3.63) is 43.0 Å². The van der Waals surface area contributed by atoms with Crippen molar-refractivity contribution in [3.8, 4) is 0 Å². The van der Waals surface area contributed by atoms with Crippen LogP contribution in [0.3, 0.4) is 0 Å². The summed E-state index contributed by atoms with van der Waals surface area (Å²) >= 11 is 6.71. The highest BCUT2D eigenvalue weighted by molar-refractivity contribution is 9.11. The standard InChI is InChI=1S/C11H10Br2N6O2/c1-5-9(19(20)21)10(17-11(15-5)18-14)16-8-3-2-6(12)4-7(8)13/h2-4H,14H2,1H3,(H2,15,16,17,18). The summed E-state index contributed by atoms with van der Waals surface area (Å²) in [6.07, 6.45) is 0. The van der Waals surface area contributed by atoms with E-state index in [0.29, 0.717) is 5.69 Å². The summed E-state index contributed by atoms with van der Waals surface area (Å²) in [6.45, 7) is 1.52. The number of nitrogens with one attached hydrogen (secondary N) is 2. The Balaban J connectivity index is 2.51. The first-order valence-electron chi connectivity index (χ1n) is 5.64. The van der Waals surface area contributed by atoms with E-state index >= 15 is 0 Å². The van der Waals surface area contributed by atoms with Crippen LogP contribution < -0.4 is 16.6 Å². The molecular weight excluding hydrogens is 408 g/mol. The van der Waals surface area contributed by atoms with Crippen LogP contribution in [0.5, 0.6) is 0 Å². The quantitative estimate of drug-likeness (QED) is 0.396. The predicted octanol–water partition coefficient (Wildman–Crippen LogP) is 3.25. The van der Waals surface area contributed by atoms with Crippen molar-refractivity contribution in [2.24, 2.45) is 5.84 Å². The number of nitro groups is 1. The minimum Gasteiger partial charge on any atom is -0.333 e. The highest BCUT2D eigenvalue weighted by Gasteiger charge is 2.22. The lowest BCUT2D eigenvalue weighted by molar-refractivity contribution is -0.385. The maximum Gasteiger partial charge on any atom is 0.332 e. The number of nitrogens with zero attached hydrogens (tertiary/aromatic N) is 3. The summed E-state index contributed by atoms with van der Waals surface area (Å²) in [4.78, 5) is 18.6. The molecule has 8 nitrogen and oxygen atoms in total. The molecule has 0 fully saturated rings. The maximum atomic E-state index is 11.2. The fourth-order valence-corrected chi connectivity index (χ4v) is 2.80. The smallest absolute Gasteiger partial charge is 0.332 e. The fourth-order valence-electron chi connectivity index (χ4n) is 1.66. The molecule has 0 spiro atoms. The molecule has 1 aromatic heterocycles. The number of nitrogen functional groups attached to an aromatic ring is 1. The van der Waals surface area contributed by atoms with Gasteiger partial charge in [-0.05, 0) is 41.1 Å². The van der Waals surface area contributed by atoms with Gasteiger partial charge in [0.15, 0.2) is 0 Å². The zero-order chi connectivity index (χ0) is 15.6. The molecule has 4 N–H and O–H groups in total. The largest absolute Gasteiger partial charge is 0.333 e. The number of benzene rings is 1. The number of aromatic nitrogens is 2. The van der Waals surface area contributed by atoms with E-state index in [-0.39, 0.29) is 23.1 Å². The van der Waals surface area contributed by atoms with Crippen molar-refractivity contribution in [1.29, 1.82) is 0 Å². The van der Waals surface area contributed by atoms with Gasteiger partial charge < -0.3 is 5.32 Å². The van der Waals surface area contributed by atoms with Gasteiger partial charge in [0.2, 0.25) is 11.8 Å². The molecule has 2 aromatic rings. The van der Waals surface area contributed by atoms with Gasteiger partial charge in [-0.15, -0.1) is 0 Å². The summed E-state index contributed by atoms with van der Waals surface area (Å²) in [5, 5.41) is 14.1. The highest BCUT2D eigenvalue weighted by atomic mass is 79.9. The van der Waals surface area contributed by atoms with Crippen LogP contribution in [-0.2, 0) is 0 Å². The lowest BCUT2D eigenvalue weighted by Crippen LogP contribution is -2.13. The van der Waals surface area contributed by atoms with Gasteiger partial charge in [0, 0.05) is 8.95 Å². The number of hydrogen-bond donors (Lipinski definition) is 3. The molecule has 2 rings (SSSR count). The van der Waals surface area contributed by atoms with E-state index in [2.05, 4.69) is 52.6 Å². The molecule has 1 aromatic carbocycles. The van der Waals surface area contributed by atoms with Crippen LogP contribution >= 0.6 is 31.9 Å². The first kappa shape index (κ1) is 15.6. The molecular formula is C11H10Br2N6O2. The Morgan fingerprint density at radius 3 is 2.62 bits per heavy atom. The van der Waals surface area contributed by atoms with Crippen LogP contribution in [-0.4, -0.2) is 14.9 Å². The van der Waals surface area contributed by atoms with Crippen molar-refractivity contribution < 1.29 is 4.92 Å². The average Bonchev–Trinajstić information content (AvgIpc) is 2.40. The van der Waals surface area contributed by atoms with Crippen LogP contribution in [0, 0.1) is 17.0 Å². The molecule has 0 radical (unpaired) electrons. The topological polar surface area (TPSA) is 119 Å². The molecule has 10 heteroatoms. The minimum absolute atomic E-state index is 0.0588. The van der Waals surface area contributed by atoms with Gasteiger partial charge in [-0.3, -0.25) is 15.5 Å². The van der Waals surface area contributed by atoms with Crippen LogP contribution in [0.15, 0.2) is 27.1 Å². The van der Waals surface area contributed by atoms with Crippen molar-refractivity contribution in [2.75, 3.05) is 10.7 Å². The zero-order valence-corrected chi connectivity index (χ0v) is 13.9. The SMILES string of the molecule is Cc1nc(NN)nc(Nc2ccc(Br)cc2Br)c1[N+](=O)[O-]. The third-order valence-corrected chi connectivity index (χ3v) is 3.70. The van der Waals surface area contributed by atoms with Gasteiger partial charge in [-0.2, -0.15) is 4.98 Å². The van der Waals surface area contributed by atoms with E-state index in [1.54, 1.807) is 12.1 Å². The fraction of sp³-hybridized carbons (Fsp3) is 0.0909. The number of anilines is 3. The molecule has 0 atom stereocenters. The van der Waals surface area contributed by atoms with E-state index in [9.17, 15) is 10.1 Å². The minimum atomic E-state index is -0.537. The van der Waals surface area contributed by atoms with Crippen molar-refractivity contribution in [2.45, 2.75) is 6.92 Å². The summed E-state index contributed by atoms with van der Waals surface area (Å²) in [7, 11) is 0. The Hall–Kier alpha value is -1.78. The number of rotatable bonds is 4. The van der Waals surface area contributed by atoms with Crippen LogP contribution in [0.4, 0.5) is 23.1 Å². The molecule has 110 valence electrons. The van der Waals surface area contributed by atoms with E-state index < -0.39 is 4.92 Å². The first-order valence-corrected chi connectivity index (χ1v) is 7.22. The predicted molar refractivity (Wildman–Crippen MR) is 86.4 cm³/mol. The van der Waals surface area contributed by atoms with E-state index in [1.807, 2.05) is 6.07 Å². The molecule has 0 saturated carbocycles.